The van der Waals surface area contributed by atoms with Crippen molar-refractivity contribution in [3.05, 3.63) is 82.9 Å². The Bertz CT molecular complexity index is 998. The molecule has 2 aliphatic rings. The van der Waals surface area contributed by atoms with E-state index in [0.717, 1.165) is 6.54 Å². The Morgan fingerprint density at radius 1 is 0.839 bits per heavy atom. The van der Waals surface area contributed by atoms with Gasteiger partial charge in [0.2, 0.25) is 0 Å². The summed E-state index contributed by atoms with van der Waals surface area (Å²) in [5, 5.41) is 6.90. The Morgan fingerprint density at radius 3 is 2.19 bits per heavy atom. The first-order valence-electron chi connectivity index (χ1n) is 11.2. The lowest BCUT2D eigenvalue weighted by atomic mass is 9.74. The third-order valence-corrected chi connectivity index (χ3v) is 7.53. The standard InChI is InChI=1S/C27H32N2.2ClH/c1-29(2)27(23-8-4-3-5-9-23)17-15-24(16-18-27)28-19-22-14-13-21-12-11-20-7-6-10-25(22)26(20)21;;/h3-10,13-14,24,28H,11-12,15-19H2,1-2H3;2*1H. The molecule has 5 rings (SSSR count). The molecule has 0 heterocycles. The fourth-order valence-electron chi connectivity index (χ4n) is 5.76. The van der Waals surface area contributed by atoms with Gasteiger partial charge in [0, 0.05) is 18.1 Å². The first kappa shape index (κ1) is 24.1. The average molecular weight is 457 g/mol. The van der Waals surface area contributed by atoms with Crippen molar-refractivity contribution >= 4 is 35.6 Å². The van der Waals surface area contributed by atoms with E-state index in [9.17, 15) is 0 Å². The second kappa shape index (κ2) is 9.92. The summed E-state index contributed by atoms with van der Waals surface area (Å²) in [6, 6.07) is 23.3. The number of nitrogens with one attached hydrogen (secondary N) is 1. The topological polar surface area (TPSA) is 15.3 Å². The van der Waals surface area contributed by atoms with Crippen molar-refractivity contribution in [1.82, 2.24) is 10.2 Å². The highest BCUT2D eigenvalue weighted by Crippen LogP contribution is 2.41. The molecule has 3 aromatic rings. The highest BCUT2D eigenvalue weighted by Gasteiger charge is 2.38. The Kier molecular flexibility index (Phi) is 7.70. The van der Waals surface area contributed by atoms with Gasteiger partial charge in [-0.2, -0.15) is 0 Å². The molecule has 2 aliphatic carbocycles. The van der Waals surface area contributed by atoms with Gasteiger partial charge in [-0.1, -0.05) is 60.7 Å². The maximum Gasteiger partial charge on any atom is 0.0455 e. The van der Waals surface area contributed by atoms with Crippen LogP contribution in [0.5, 0.6) is 0 Å². The summed E-state index contributed by atoms with van der Waals surface area (Å²) in [6.07, 6.45) is 7.30. The van der Waals surface area contributed by atoms with E-state index in [1.165, 1.54) is 71.6 Å². The summed E-state index contributed by atoms with van der Waals surface area (Å²) in [4.78, 5) is 2.45. The van der Waals surface area contributed by atoms with Gasteiger partial charge in [-0.25, -0.2) is 0 Å². The molecule has 1 N–H and O–H groups in total. The lowest BCUT2D eigenvalue weighted by molar-refractivity contribution is 0.0853. The summed E-state index contributed by atoms with van der Waals surface area (Å²) in [7, 11) is 4.49. The van der Waals surface area contributed by atoms with Gasteiger partial charge in [-0.05, 0) is 85.6 Å². The monoisotopic (exact) mass is 456 g/mol. The summed E-state index contributed by atoms with van der Waals surface area (Å²) in [5.74, 6) is 0. The lowest BCUT2D eigenvalue weighted by Gasteiger charge is -2.45. The third-order valence-electron chi connectivity index (χ3n) is 7.53. The van der Waals surface area contributed by atoms with Crippen LogP contribution in [0.2, 0.25) is 0 Å². The molecule has 1 fully saturated rings. The van der Waals surface area contributed by atoms with Gasteiger partial charge in [0.25, 0.3) is 0 Å². The highest BCUT2D eigenvalue weighted by molar-refractivity contribution is 5.93. The maximum atomic E-state index is 3.90. The second-order valence-electron chi connectivity index (χ2n) is 9.17. The highest BCUT2D eigenvalue weighted by atomic mass is 35.5. The summed E-state index contributed by atoms with van der Waals surface area (Å²) in [5.41, 5.74) is 6.18. The Balaban J connectivity index is 0.00000136. The first-order chi connectivity index (χ1) is 14.2. The van der Waals surface area contributed by atoms with Crippen LogP contribution in [0.3, 0.4) is 0 Å². The van der Waals surface area contributed by atoms with E-state index in [-0.39, 0.29) is 30.4 Å². The molecule has 2 nitrogen and oxygen atoms in total. The van der Waals surface area contributed by atoms with Gasteiger partial charge in [0.05, 0.1) is 0 Å². The van der Waals surface area contributed by atoms with Crippen molar-refractivity contribution in [2.75, 3.05) is 14.1 Å². The molecule has 0 unspecified atom stereocenters. The van der Waals surface area contributed by atoms with Gasteiger partial charge >= 0.3 is 0 Å². The quantitative estimate of drug-likeness (QED) is 0.486. The van der Waals surface area contributed by atoms with Crippen molar-refractivity contribution in [2.45, 2.75) is 56.7 Å². The molecule has 3 aromatic carbocycles. The zero-order valence-electron chi connectivity index (χ0n) is 18.6. The van der Waals surface area contributed by atoms with Crippen LogP contribution in [-0.2, 0) is 24.9 Å². The minimum Gasteiger partial charge on any atom is -0.310 e. The molecular weight excluding hydrogens is 423 g/mol. The molecule has 0 aromatic heterocycles. The number of benzene rings is 3. The van der Waals surface area contributed by atoms with Crippen LogP contribution >= 0.6 is 24.8 Å². The van der Waals surface area contributed by atoms with Crippen molar-refractivity contribution in [3.63, 3.8) is 0 Å². The number of hydrogen-bond acceptors (Lipinski definition) is 2. The van der Waals surface area contributed by atoms with Crippen LogP contribution in [0.25, 0.3) is 10.8 Å². The van der Waals surface area contributed by atoms with E-state index < -0.39 is 0 Å². The van der Waals surface area contributed by atoms with Crippen LogP contribution in [0.1, 0.15) is 47.9 Å². The second-order valence-corrected chi connectivity index (χ2v) is 9.17. The molecule has 0 radical (unpaired) electrons. The number of rotatable bonds is 5. The predicted molar refractivity (Wildman–Crippen MR) is 137 cm³/mol. The van der Waals surface area contributed by atoms with Gasteiger partial charge in [-0.3, -0.25) is 4.90 Å². The van der Waals surface area contributed by atoms with Gasteiger partial charge in [0.15, 0.2) is 0 Å². The van der Waals surface area contributed by atoms with E-state index >= 15 is 0 Å². The van der Waals surface area contributed by atoms with E-state index in [1.54, 1.807) is 0 Å². The summed E-state index contributed by atoms with van der Waals surface area (Å²) >= 11 is 0. The van der Waals surface area contributed by atoms with Crippen molar-refractivity contribution in [2.24, 2.45) is 0 Å². The molecule has 31 heavy (non-hydrogen) atoms. The fraction of sp³-hybridized carbons (Fsp3) is 0.407. The third kappa shape index (κ3) is 4.36. The molecule has 0 aliphatic heterocycles. The van der Waals surface area contributed by atoms with Gasteiger partial charge in [-0.15, -0.1) is 24.8 Å². The minimum atomic E-state index is 0. The van der Waals surface area contributed by atoms with Crippen molar-refractivity contribution in [1.29, 1.82) is 0 Å². The maximum absolute atomic E-state index is 3.90. The number of hydrogen-bond donors (Lipinski definition) is 1. The van der Waals surface area contributed by atoms with Crippen LogP contribution in [-0.4, -0.2) is 25.0 Å². The average Bonchev–Trinajstić information content (AvgIpc) is 3.19. The molecule has 166 valence electrons. The molecule has 0 amide bonds. The number of halogens is 2. The molecule has 0 atom stereocenters. The van der Waals surface area contributed by atoms with Crippen molar-refractivity contribution < 1.29 is 0 Å². The smallest absolute Gasteiger partial charge is 0.0455 e. The first-order valence-corrected chi connectivity index (χ1v) is 11.2. The molecule has 1 saturated carbocycles. The van der Waals surface area contributed by atoms with Gasteiger partial charge < -0.3 is 5.32 Å². The molecule has 0 bridgehead atoms. The summed E-state index contributed by atoms with van der Waals surface area (Å²) in [6.45, 7) is 0.977. The number of nitrogens with zero attached hydrogens (tertiary/aromatic N) is 1. The molecule has 0 spiro atoms. The zero-order chi connectivity index (χ0) is 19.8. The largest absolute Gasteiger partial charge is 0.310 e. The van der Waals surface area contributed by atoms with E-state index in [0.29, 0.717) is 6.04 Å². The van der Waals surface area contributed by atoms with E-state index in [4.69, 9.17) is 0 Å². The normalized spacial score (nSPS) is 22.2. The van der Waals surface area contributed by atoms with E-state index in [2.05, 4.69) is 85.0 Å². The molecular formula is C27H34Cl2N2. The lowest BCUT2D eigenvalue weighted by Crippen LogP contribution is -2.47. The van der Waals surface area contributed by atoms with Crippen LogP contribution < -0.4 is 5.32 Å². The Hall–Kier alpha value is -1.58. The minimum absolute atomic E-state index is 0. The molecule has 4 heteroatoms. The zero-order valence-corrected chi connectivity index (χ0v) is 20.2. The van der Waals surface area contributed by atoms with Crippen molar-refractivity contribution in [3.8, 4) is 0 Å². The van der Waals surface area contributed by atoms with Crippen LogP contribution in [0.4, 0.5) is 0 Å². The Morgan fingerprint density at radius 2 is 1.52 bits per heavy atom. The SMILES string of the molecule is CN(C)C1(c2ccccc2)CCC(NCc2ccc3c4c(cccc24)CC3)CC1.Cl.Cl. The fourth-order valence-corrected chi connectivity index (χ4v) is 5.76. The summed E-state index contributed by atoms with van der Waals surface area (Å²) < 4.78 is 0. The Labute approximate surface area is 199 Å². The van der Waals surface area contributed by atoms with Crippen LogP contribution in [0, 0.1) is 0 Å². The van der Waals surface area contributed by atoms with E-state index in [1.807, 2.05) is 0 Å². The molecule has 0 saturated heterocycles. The predicted octanol–water partition coefficient (Wildman–Crippen LogP) is 6.27. The number of aryl methyl sites for hydroxylation is 2. The van der Waals surface area contributed by atoms with Gasteiger partial charge in [0.1, 0.15) is 0 Å². The van der Waals surface area contributed by atoms with Crippen LogP contribution in [0.15, 0.2) is 60.7 Å².